The molecule has 0 radical (unpaired) electrons. The number of para-hydroxylation sites is 1. The highest BCUT2D eigenvalue weighted by molar-refractivity contribution is 5.80. The molecular formula is C20H29N7. The van der Waals surface area contributed by atoms with E-state index in [9.17, 15) is 0 Å². The first kappa shape index (κ1) is 18.9. The molecule has 0 aliphatic rings. The number of aryl methyl sites for hydroxylation is 2. The van der Waals surface area contributed by atoms with Gasteiger partial charge < -0.3 is 19.8 Å². The van der Waals surface area contributed by atoms with Gasteiger partial charge in [0, 0.05) is 50.9 Å². The summed E-state index contributed by atoms with van der Waals surface area (Å²) in [6, 6.07) is 10.6. The van der Waals surface area contributed by atoms with Crippen molar-refractivity contribution in [2.24, 2.45) is 4.99 Å². The molecule has 0 saturated carbocycles. The molecule has 7 heteroatoms. The first-order valence-electron chi connectivity index (χ1n) is 9.74. The monoisotopic (exact) mass is 367 g/mol. The van der Waals surface area contributed by atoms with E-state index in [4.69, 9.17) is 4.99 Å². The topological polar surface area (TPSA) is 72.1 Å². The van der Waals surface area contributed by atoms with E-state index < -0.39 is 0 Å². The van der Waals surface area contributed by atoms with Crippen LogP contribution in [-0.2, 0) is 19.5 Å². The van der Waals surface area contributed by atoms with E-state index >= 15 is 0 Å². The van der Waals surface area contributed by atoms with E-state index in [1.807, 2.05) is 0 Å². The Bertz CT molecular complexity index is 862. The van der Waals surface area contributed by atoms with Gasteiger partial charge in [0.2, 0.25) is 0 Å². The summed E-state index contributed by atoms with van der Waals surface area (Å²) in [5, 5.41) is 16.1. The molecule has 144 valence electrons. The largest absolute Gasteiger partial charge is 0.357 e. The standard InChI is InChI=1S/C20H29N7/c1-3-19-25-24-16-27(19)15-12-23-20(21-4-2)22-11-7-13-26-14-10-17-8-5-6-9-18(17)26/h5-6,8-10,14,16H,3-4,7,11-13,15H2,1-2H3,(H2,21,22,23). The first-order valence-corrected chi connectivity index (χ1v) is 9.74. The second-order valence-corrected chi connectivity index (χ2v) is 6.40. The Morgan fingerprint density at radius 1 is 1.07 bits per heavy atom. The highest BCUT2D eigenvalue weighted by atomic mass is 15.3. The lowest BCUT2D eigenvalue weighted by Gasteiger charge is -2.12. The minimum atomic E-state index is 0.786. The van der Waals surface area contributed by atoms with Gasteiger partial charge in [-0.25, -0.2) is 0 Å². The molecule has 0 aliphatic heterocycles. The summed E-state index contributed by atoms with van der Waals surface area (Å²) in [6.45, 7) is 8.40. The van der Waals surface area contributed by atoms with Gasteiger partial charge >= 0.3 is 0 Å². The number of hydrogen-bond donors (Lipinski definition) is 2. The van der Waals surface area contributed by atoms with Crippen LogP contribution >= 0.6 is 0 Å². The van der Waals surface area contributed by atoms with Crippen LogP contribution in [-0.4, -0.2) is 44.9 Å². The molecule has 0 unspecified atom stereocenters. The van der Waals surface area contributed by atoms with Crippen molar-refractivity contribution < 1.29 is 0 Å². The minimum absolute atomic E-state index is 0.786. The van der Waals surface area contributed by atoms with Gasteiger partial charge in [-0.05, 0) is 30.9 Å². The Hall–Kier alpha value is -2.83. The van der Waals surface area contributed by atoms with Crippen LogP contribution in [0.1, 0.15) is 26.1 Å². The Labute approximate surface area is 160 Å². The average Bonchev–Trinajstić information content (AvgIpc) is 3.32. The lowest BCUT2D eigenvalue weighted by molar-refractivity contribution is 0.629. The molecule has 0 fully saturated rings. The number of aliphatic imine (C=N–C) groups is 1. The molecule has 0 saturated heterocycles. The first-order chi connectivity index (χ1) is 13.3. The lowest BCUT2D eigenvalue weighted by Crippen LogP contribution is -2.39. The molecule has 0 atom stereocenters. The second-order valence-electron chi connectivity index (χ2n) is 6.40. The van der Waals surface area contributed by atoms with E-state index in [1.54, 1.807) is 6.33 Å². The predicted octanol–water partition coefficient (Wildman–Crippen LogP) is 2.44. The molecule has 0 aliphatic carbocycles. The van der Waals surface area contributed by atoms with E-state index in [1.165, 1.54) is 10.9 Å². The summed E-state index contributed by atoms with van der Waals surface area (Å²) in [5.41, 5.74) is 1.28. The molecule has 2 N–H and O–H groups in total. The SMILES string of the molecule is CCNC(=NCCCn1ccc2ccccc21)NCCn1cnnc1CC. The summed E-state index contributed by atoms with van der Waals surface area (Å²) in [4.78, 5) is 4.69. The molecule has 3 rings (SSSR count). The van der Waals surface area contributed by atoms with Crippen molar-refractivity contribution in [2.45, 2.75) is 39.8 Å². The zero-order chi connectivity index (χ0) is 18.9. The molecule has 1 aromatic carbocycles. The molecule has 2 heterocycles. The number of benzene rings is 1. The van der Waals surface area contributed by atoms with Crippen LogP contribution in [0.5, 0.6) is 0 Å². The van der Waals surface area contributed by atoms with Gasteiger partial charge in [0.1, 0.15) is 12.2 Å². The molecule has 0 amide bonds. The fourth-order valence-electron chi connectivity index (χ4n) is 3.14. The quantitative estimate of drug-likeness (QED) is 0.346. The minimum Gasteiger partial charge on any atom is -0.357 e. The van der Waals surface area contributed by atoms with E-state index in [-0.39, 0.29) is 0 Å². The van der Waals surface area contributed by atoms with Gasteiger partial charge in [0.05, 0.1) is 0 Å². The van der Waals surface area contributed by atoms with Crippen LogP contribution in [0.25, 0.3) is 10.9 Å². The number of rotatable bonds is 9. The van der Waals surface area contributed by atoms with Crippen LogP contribution in [0.2, 0.25) is 0 Å². The third kappa shape index (κ3) is 5.09. The van der Waals surface area contributed by atoms with Gasteiger partial charge in [-0.3, -0.25) is 4.99 Å². The molecule has 0 bridgehead atoms. The van der Waals surface area contributed by atoms with Crippen molar-refractivity contribution in [2.75, 3.05) is 19.6 Å². The number of guanidine groups is 1. The zero-order valence-electron chi connectivity index (χ0n) is 16.2. The summed E-state index contributed by atoms with van der Waals surface area (Å²) < 4.78 is 4.37. The Kier molecular flexibility index (Phi) is 6.84. The summed E-state index contributed by atoms with van der Waals surface area (Å²) in [7, 11) is 0. The molecular weight excluding hydrogens is 338 g/mol. The number of fused-ring (bicyclic) bond motifs is 1. The molecule has 7 nitrogen and oxygen atoms in total. The third-order valence-electron chi connectivity index (χ3n) is 4.51. The van der Waals surface area contributed by atoms with Gasteiger partial charge in [-0.2, -0.15) is 0 Å². The van der Waals surface area contributed by atoms with Crippen molar-refractivity contribution in [3.05, 3.63) is 48.7 Å². The summed E-state index contributed by atoms with van der Waals surface area (Å²) >= 11 is 0. The van der Waals surface area contributed by atoms with Crippen molar-refractivity contribution in [3.63, 3.8) is 0 Å². The van der Waals surface area contributed by atoms with Crippen LogP contribution in [0.3, 0.4) is 0 Å². The highest BCUT2D eigenvalue weighted by Gasteiger charge is 2.03. The van der Waals surface area contributed by atoms with E-state index in [0.29, 0.717) is 0 Å². The maximum absolute atomic E-state index is 4.69. The number of aromatic nitrogens is 4. The van der Waals surface area contributed by atoms with Crippen LogP contribution in [0.15, 0.2) is 47.8 Å². The van der Waals surface area contributed by atoms with Crippen molar-refractivity contribution in [3.8, 4) is 0 Å². The molecule has 0 spiro atoms. The average molecular weight is 368 g/mol. The molecule has 2 aromatic heterocycles. The fourth-order valence-corrected chi connectivity index (χ4v) is 3.14. The van der Waals surface area contributed by atoms with Gasteiger partial charge in [-0.1, -0.05) is 25.1 Å². The maximum Gasteiger partial charge on any atom is 0.191 e. The normalized spacial score (nSPS) is 11.9. The Balaban J connectivity index is 1.47. The summed E-state index contributed by atoms with van der Waals surface area (Å²) in [6.07, 6.45) is 5.83. The smallest absolute Gasteiger partial charge is 0.191 e. The van der Waals surface area contributed by atoms with Crippen molar-refractivity contribution in [1.82, 2.24) is 30.0 Å². The number of hydrogen-bond acceptors (Lipinski definition) is 3. The Morgan fingerprint density at radius 3 is 2.81 bits per heavy atom. The number of nitrogens with zero attached hydrogens (tertiary/aromatic N) is 5. The summed E-state index contributed by atoms with van der Waals surface area (Å²) in [5.74, 6) is 1.87. The third-order valence-corrected chi connectivity index (χ3v) is 4.51. The van der Waals surface area contributed by atoms with Crippen LogP contribution in [0.4, 0.5) is 0 Å². The zero-order valence-corrected chi connectivity index (χ0v) is 16.2. The molecule has 27 heavy (non-hydrogen) atoms. The van der Waals surface area contributed by atoms with Crippen LogP contribution in [0, 0.1) is 0 Å². The lowest BCUT2D eigenvalue weighted by atomic mass is 10.2. The fraction of sp³-hybridized carbons (Fsp3) is 0.450. The molecule has 3 aromatic rings. The van der Waals surface area contributed by atoms with Gasteiger partial charge in [0.15, 0.2) is 5.96 Å². The second kappa shape index (κ2) is 9.75. The maximum atomic E-state index is 4.69. The highest BCUT2D eigenvalue weighted by Crippen LogP contribution is 2.15. The van der Waals surface area contributed by atoms with Crippen LogP contribution < -0.4 is 10.6 Å². The Morgan fingerprint density at radius 2 is 1.96 bits per heavy atom. The van der Waals surface area contributed by atoms with E-state index in [0.717, 1.165) is 57.3 Å². The van der Waals surface area contributed by atoms with Crippen molar-refractivity contribution in [1.29, 1.82) is 0 Å². The number of nitrogens with one attached hydrogen (secondary N) is 2. The predicted molar refractivity (Wildman–Crippen MR) is 110 cm³/mol. The van der Waals surface area contributed by atoms with E-state index in [2.05, 4.69) is 80.3 Å². The van der Waals surface area contributed by atoms with Gasteiger partial charge in [-0.15, -0.1) is 10.2 Å². The van der Waals surface area contributed by atoms with Gasteiger partial charge in [0.25, 0.3) is 0 Å². The van der Waals surface area contributed by atoms with Crippen molar-refractivity contribution >= 4 is 16.9 Å².